The fourth-order valence-corrected chi connectivity index (χ4v) is 2.20. The van der Waals surface area contributed by atoms with E-state index in [9.17, 15) is 9.59 Å². The summed E-state index contributed by atoms with van der Waals surface area (Å²) >= 11 is 0. The van der Waals surface area contributed by atoms with E-state index in [2.05, 4.69) is 20.0 Å². The molecule has 124 valence electrons. The quantitative estimate of drug-likeness (QED) is 0.742. The fourth-order valence-electron chi connectivity index (χ4n) is 2.20. The van der Waals surface area contributed by atoms with Gasteiger partial charge >= 0.3 is 5.97 Å². The number of methoxy groups -OCH3 is 1. The van der Waals surface area contributed by atoms with Crippen molar-refractivity contribution < 1.29 is 14.3 Å². The SMILES string of the molecule is COC(=O)c1ccc(NC(=O)c2ccc(-c3ccccn3)nc2)cc1. The van der Waals surface area contributed by atoms with Gasteiger partial charge in [0.05, 0.1) is 29.6 Å². The number of carbonyl (C=O) groups is 2. The van der Waals surface area contributed by atoms with Gasteiger partial charge in [0.1, 0.15) is 0 Å². The molecule has 2 aromatic heterocycles. The number of rotatable bonds is 4. The molecule has 6 nitrogen and oxygen atoms in total. The zero-order valence-electron chi connectivity index (χ0n) is 13.5. The smallest absolute Gasteiger partial charge is 0.337 e. The summed E-state index contributed by atoms with van der Waals surface area (Å²) < 4.78 is 4.63. The molecule has 0 bridgehead atoms. The molecule has 3 aromatic rings. The van der Waals surface area contributed by atoms with Crippen LogP contribution in [0.25, 0.3) is 11.4 Å². The molecule has 2 heterocycles. The van der Waals surface area contributed by atoms with Gasteiger partial charge in [-0.25, -0.2) is 4.79 Å². The minimum Gasteiger partial charge on any atom is -0.465 e. The molecule has 25 heavy (non-hydrogen) atoms. The van der Waals surface area contributed by atoms with Gasteiger partial charge in [-0.3, -0.25) is 14.8 Å². The van der Waals surface area contributed by atoms with E-state index in [4.69, 9.17) is 0 Å². The first kappa shape index (κ1) is 16.3. The first-order valence-corrected chi connectivity index (χ1v) is 7.54. The van der Waals surface area contributed by atoms with Crippen LogP contribution in [0.1, 0.15) is 20.7 Å². The maximum Gasteiger partial charge on any atom is 0.337 e. The summed E-state index contributed by atoms with van der Waals surface area (Å²) in [6.45, 7) is 0. The van der Waals surface area contributed by atoms with Gasteiger partial charge < -0.3 is 10.1 Å². The number of amides is 1. The molecule has 0 spiro atoms. The molecule has 0 aliphatic heterocycles. The van der Waals surface area contributed by atoms with E-state index < -0.39 is 5.97 Å². The van der Waals surface area contributed by atoms with E-state index in [0.29, 0.717) is 22.5 Å². The average Bonchev–Trinajstić information content (AvgIpc) is 2.68. The third kappa shape index (κ3) is 3.87. The van der Waals surface area contributed by atoms with Crippen LogP contribution in [0.2, 0.25) is 0 Å². The van der Waals surface area contributed by atoms with Crippen LogP contribution in [0.4, 0.5) is 5.69 Å². The highest BCUT2D eigenvalue weighted by Gasteiger charge is 2.09. The van der Waals surface area contributed by atoms with Crippen LogP contribution < -0.4 is 5.32 Å². The highest BCUT2D eigenvalue weighted by Crippen LogP contribution is 2.15. The second kappa shape index (κ2) is 7.35. The molecule has 6 heteroatoms. The van der Waals surface area contributed by atoms with Crippen molar-refractivity contribution in [2.45, 2.75) is 0 Å². The largest absolute Gasteiger partial charge is 0.465 e. The van der Waals surface area contributed by atoms with Gasteiger partial charge in [0.25, 0.3) is 5.91 Å². The number of anilines is 1. The van der Waals surface area contributed by atoms with Crippen molar-refractivity contribution in [2.75, 3.05) is 12.4 Å². The van der Waals surface area contributed by atoms with E-state index in [-0.39, 0.29) is 5.91 Å². The second-order valence-corrected chi connectivity index (χ2v) is 5.17. The van der Waals surface area contributed by atoms with E-state index in [1.54, 1.807) is 42.6 Å². The summed E-state index contributed by atoms with van der Waals surface area (Å²) in [5.74, 6) is -0.710. The number of hydrogen-bond acceptors (Lipinski definition) is 5. The van der Waals surface area contributed by atoms with Crippen molar-refractivity contribution in [3.63, 3.8) is 0 Å². The molecule has 0 aliphatic rings. The molecule has 3 rings (SSSR count). The molecular weight excluding hydrogens is 318 g/mol. The van der Waals surface area contributed by atoms with E-state index >= 15 is 0 Å². The summed E-state index contributed by atoms with van der Waals surface area (Å²) in [5, 5.41) is 2.75. The van der Waals surface area contributed by atoms with E-state index in [0.717, 1.165) is 5.69 Å². The van der Waals surface area contributed by atoms with Crippen LogP contribution in [-0.4, -0.2) is 29.0 Å². The van der Waals surface area contributed by atoms with Gasteiger partial charge in [-0.1, -0.05) is 6.07 Å². The maximum absolute atomic E-state index is 12.3. The molecule has 0 saturated heterocycles. The predicted molar refractivity (Wildman–Crippen MR) is 93.2 cm³/mol. The molecule has 0 unspecified atom stereocenters. The fraction of sp³-hybridized carbons (Fsp3) is 0.0526. The van der Waals surface area contributed by atoms with Crippen molar-refractivity contribution >= 4 is 17.6 Å². The Kier molecular flexibility index (Phi) is 4.80. The van der Waals surface area contributed by atoms with Crippen LogP contribution >= 0.6 is 0 Å². The number of carbonyl (C=O) groups excluding carboxylic acids is 2. The third-order valence-corrected chi connectivity index (χ3v) is 3.52. The van der Waals surface area contributed by atoms with Crippen LogP contribution in [0.3, 0.4) is 0 Å². The van der Waals surface area contributed by atoms with Gasteiger partial charge in [0.2, 0.25) is 0 Å². The predicted octanol–water partition coefficient (Wildman–Crippen LogP) is 3.18. The van der Waals surface area contributed by atoms with Gasteiger partial charge in [-0.15, -0.1) is 0 Å². The highest BCUT2D eigenvalue weighted by molar-refractivity contribution is 6.04. The average molecular weight is 333 g/mol. The summed E-state index contributed by atoms with van der Waals surface area (Å²) in [6.07, 6.45) is 3.19. The van der Waals surface area contributed by atoms with Crippen molar-refractivity contribution in [3.05, 3.63) is 78.1 Å². The molecule has 1 amide bonds. The zero-order valence-corrected chi connectivity index (χ0v) is 13.5. The lowest BCUT2D eigenvalue weighted by Gasteiger charge is -2.06. The standard InChI is InChI=1S/C19H15N3O3/c1-25-19(24)13-5-8-15(9-6-13)22-18(23)14-7-10-17(21-12-14)16-4-2-3-11-20-16/h2-12H,1H3,(H,22,23). The van der Waals surface area contributed by atoms with Crippen LogP contribution in [-0.2, 0) is 4.74 Å². The number of nitrogens with one attached hydrogen (secondary N) is 1. The second-order valence-electron chi connectivity index (χ2n) is 5.17. The highest BCUT2D eigenvalue weighted by atomic mass is 16.5. The number of pyridine rings is 2. The number of aromatic nitrogens is 2. The minimum atomic E-state index is -0.424. The van der Waals surface area contributed by atoms with Crippen molar-refractivity contribution in [1.82, 2.24) is 9.97 Å². The minimum absolute atomic E-state index is 0.286. The first-order valence-electron chi connectivity index (χ1n) is 7.54. The number of benzene rings is 1. The Balaban J connectivity index is 1.70. The summed E-state index contributed by atoms with van der Waals surface area (Å²) in [7, 11) is 1.32. The van der Waals surface area contributed by atoms with Crippen LogP contribution in [0, 0.1) is 0 Å². The van der Waals surface area contributed by atoms with E-state index in [1.165, 1.54) is 13.3 Å². The zero-order chi connectivity index (χ0) is 17.6. The Morgan fingerprint density at radius 2 is 1.60 bits per heavy atom. The Morgan fingerprint density at radius 1 is 0.880 bits per heavy atom. The lowest BCUT2D eigenvalue weighted by Crippen LogP contribution is -2.12. The Bertz CT molecular complexity index is 876. The van der Waals surface area contributed by atoms with Gasteiger partial charge in [-0.2, -0.15) is 0 Å². The van der Waals surface area contributed by atoms with Crippen molar-refractivity contribution in [3.8, 4) is 11.4 Å². The number of esters is 1. The molecule has 0 atom stereocenters. The number of ether oxygens (including phenoxy) is 1. The molecule has 1 N–H and O–H groups in total. The lowest BCUT2D eigenvalue weighted by atomic mass is 10.2. The monoisotopic (exact) mass is 333 g/mol. The molecule has 0 saturated carbocycles. The topological polar surface area (TPSA) is 81.2 Å². The number of hydrogen-bond donors (Lipinski definition) is 1. The van der Waals surface area contributed by atoms with Gasteiger partial charge in [0.15, 0.2) is 0 Å². The summed E-state index contributed by atoms with van der Waals surface area (Å²) in [6, 6.07) is 15.4. The van der Waals surface area contributed by atoms with Crippen LogP contribution in [0.15, 0.2) is 67.0 Å². The third-order valence-electron chi connectivity index (χ3n) is 3.52. The summed E-state index contributed by atoms with van der Waals surface area (Å²) in [4.78, 5) is 32.2. The Morgan fingerprint density at radius 3 is 2.20 bits per heavy atom. The molecule has 0 radical (unpaired) electrons. The van der Waals surface area contributed by atoms with Gasteiger partial charge in [0, 0.05) is 18.1 Å². The first-order chi connectivity index (χ1) is 12.2. The Labute approximate surface area is 144 Å². The van der Waals surface area contributed by atoms with E-state index in [1.807, 2.05) is 18.2 Å². The maximum atomic E-state index is 12.3. The van der Waals surface area contributed by atoms with Crippen LogP contribution in [0.5, 0.6) is 0 Å². The van der Waals surface area contributed by atoms with Crippen molar-refractivity contribution in [1.29, 1.82) is 0 Å². The molecule has 0 fully saturated rings. The molecule has 0 aliphatic carbocycles. The Hall–Kier alpha value is -3.54. The lowest BCUT2D eigenvalue weighted by molar-refractivity contribution is 0.0600. The molecular formula is C19H15N3O3. The van der Waals surface area contributed by atoms with Gasteiger partial charge in [-0.05, 0) is 48.5 Å². The number of nitrogens with zero attached hydrogens (tertiary/aromatic N) is 2. The normalized spacial score (nSPS) is 10.1. The summed E-state index contributed by atoms with van der Waals surface area (Å²) in [5.41, 5.74) is 2.86. The van der Waals surface area contributed by atoms with Crippen molar-refractivity contribution in [2.24, 2.45) is 0 Å². The molecule has 1 aromatic carbocycles.